The van der Waals surface area contributed by atoms with Gasteiger partial charge in [0.2, 0.25) is 5.91 Å². The van der Waals surface area contributed by atoms with E-state index >= 15 is 0 Å². The lowest BCUT2D eigenvalue weighted by Crippen LogP contribution is -2.32. The van der Waals surface area contributed by atoms with Gasteiger partial charge in [-0.15, -0.1) is 0 Å². The third-order valence-electron chi connectivity index (χ3n) is 4.80. The second-order valence-corrected chi connectivity index (χ2v) is 7.88. The van der Waals surface area contributed by atoms with Gasteiger partial charge in [-0.3, -0.25) is 9.59 Å². The third-order valence-corrected chi connectivity index (χ3v) is 4.80. The van der Waals surface area contributed by atoms with Gasteiger partial charge in [0.05, 0.1) is 6.61 Å². The molecule has 0 aromatic rings. The topological polar surface area (TPSA) is 66.9 Å². The fourth-order valence-corrected chi connectivity index (χ4v) is 2.49. The molecule has 0 heterocycles. The number of ether oxygens (including phenoxy) is 1. The zero-order chi connectivity index (χ0) is 20.8. The van der Waals surface area contributed by atoms with Gasteiger partial charge in [0.1, 0.15) is 5.78 Å². The number of Topliss-reactive ketones (excluding diaryl/α,β-unsaturated/α-hetero) is 1. The minimum absolute atomic E-state index is 0.103. The van der Waals surface area contributed by atoms with Crippen LogP contribution in [0, 0.1) is 5.92 Å². The zero-order valence-corrected chi connectivity index (χ0v) is 18.3. The Balaban J connectivity index is 3.67. The standard InChI is InChI=1S/C21H40N2O4/c1-17(2)19(24)13-9-8-12-16-27-21(26)22(5)15-11-7-10-14-20(25)23(6)18(3)4/h17-18H,7-16H2,1-6H3. The van der Waals surface area contributed by atoms with Gasteiger partial charge in [-0.2, -0.15) is 0 Å². The molecule has 0 fully saturated rings. The normalized spacial score (nSPS) is 11.0. The van der Waals surface area contributed by atoms with Crippen molar-refractivity contribution in [3.05, 3.63) is 0 Å². The van der Waals surface area contributed by atoms with Crippen molar-refractivity contribution >= 4 is 17.8 Å². The summed E-state index contributed by atoms with van der Waals surface area (Å²) in [4.78, 5) is 38.6. The molecule has 6 heteroatoms. The number of amides is 2. The van der Waals surface area contributed by atoms with Gasteiger partial charge < -0.3 is 14.5 Å². The molecule has 0 saturated heterocycles. The number of nitrogens with zero attached hydrogens (tertiary/aromatic N) is 2. The van der Waals surface area contributed by atoms with E-state index in [9.17, 15) is 14.4 Å². The summed E-state index contributed by atoms with van der Waals surface area (Å²) in [5, 5.41) is 0. The Morgan fingerprint density at radius 2 is 1.41 bits per heavy atom. The van der Waals surface area contributed by atoms with Crippen molar-refractivity contribution in [2.75, 3.05) is 27.2 Å². The molecule has 0 atom stereocenters. The average Bonchev–Trinajstić information content (AvgIpc) is 2.62. The fraction of sp³-hybridized carbons (Fsp3) is 0.857. The minimum atomic E-state index is -0.302. The smallest absolute Gasteiger partial charge is 0.409 e. The summed E-state index contributed by atoms with van der Waals surface area (Å²) in [6.07, 6.45) is 6.03. The van der Waals surface area contributed by atoms with Crippen LogP contribution in [0.3, 0.4) is 0 Å². The lowest BCUT2D eigenvalue weighted by Gasteiger charge is -2.21. The number of hydrogen-bond donors (Lipinski definition) is 0. The van der Waals surface area contributed by atoms with Gasteiger partial charge in [0.15, 0.2) is 0 Å². The van der Waals surface area contributed by atoms with Crippen LogP contribution < -0.4 is 0 Å². The molecule has 0 aromatic heterocycles. The first-order valence-corrected chi connectivity index (χ1v) is 10.3. The first-order valence-electron chi connectivity index (χ1n) is 10.3. The predicted molar refractivity (Wildman–Crippen MR) is 109 cm³/mol. The number of unbranched alkanes of at least 4 members (excludes halogenated alkanes) is 4. The van der Waals surface area contributed by atoms with Gasteiger partial charge in [0.25, 0.3) is 0 Å². The summed E-state index contributed by atoms with van der Waals surface area (Å²) in [5.74, 6) is 0.572. The Morgan fingerprint density at radius 3 is 2.00 bits per heavy atom. The van der Waals surface area contributed by atoms with Crippen molar-refractivity contribution in [3.63, 3.8) is 0 Å². The molecule has 0 unspecified atom stereocenters. The summed E-state index contributed by atoms with van der Waals surface area (Å²) in [6, 6.07) is 0.231. The molecule has 0 aliphatic carbocycles. The molecule has 0 rings (SSSR count). The lowest BCUT2D eigenvalue weighted by atomic mass is 10.0. The van der Waals surface area contributed by atoms with Crippen molar-refractivity contribution in [1.29, 1.82) is 0 Å². The zero-order valence-electron chi connectivity index (χ0n) is 18.3. The number of hydrogen-bond acceptors (Lipinski definition) is 4. The Hall–Kier alpha value is -1.59. The first-order chi connectivity index (χ1) is 12.7. The van der Waals surface area contributed by atoms with Crippen molar-refractivity contribution in [2.24, 2.45) is 5.92 Å². The monoisotopic (exact) mass is 384 g/mol. The van der Waals surface area contributed by atoms with Crippen LogP contribution in [-0.4, -0.2) is 60.9 Å². The molecule has 0 aliphatic heterocycles. The predicted octanol–water partition coefficient (Wildman–Crippen LogP) is 4.27. The SMILES string of the molecule is CC(C)C(=O)CCCCCOC(=O)N(C)CCCCCC(=O)N(C)C(C)C. The summed E-state index contributed by atoms with van der Waals surface area (Å²) in [5.41, 5.74) is 0. The van der Waals surface area contributed by atoms with E-state index in [1.165, 1.54) is 0 Å². The highest BCUT2D eigenvalue weighted by Crippen LogP contribution is 2.08. The van der Waals surface area contributed by atoms with Crippen LogP contribution >= 0.6 is 0 Å². The molecule has 27 heavy (non-hydrogen) atoms. The van der Waals surface area contributed by atoms with E-state index in [2.05, 4.69) is 0 Å². The van der Waals surface area contributed by atoms with Crippen LogP contribution in [0.25, 0.3) is 0 Å². The largest absolute Gasteiger partial charge is 0.449 e. The van der Waals surface area contributed by atoms with Crippen molar-refractivity contribution in [3.8, 4) is 0 Å². The van der Waals surface area contributed by atoms with Crippen LogP contribution in [0.4, 0.5) is 4.79 Å². The highest BCUT2D eigenvalue weighted by molar-refractivity contribution is 5.80. The molecule has 0 bridgehead atoms. The summed E-state index contributed by atoms with van der Waals surface area (Å²) in [7, 11) is 3.57. The van der Waals surface area contributed by atoms with Crippen molar-refractivity contribution in [1.82, 2.24) is 9.80 Å². The Labute approximate surface area is 165 Å². The van der Waals surface area contributed by atoms with E-state index in [0.29, 0.717) is 31.8 Å². The highest BCUT2D eigenvalue weighted by Gasteiger charge is 2.12. The van der Waals surface area contributed by atoms with Gasteiger partial charge in [0, 0.05) is 45.4 Å². The van der Waals surface area contributed by atoms with Gasteiger partial charge in [-0.25, -0.2) is 4.79 Å². The van der Waals surface area contributed by atoms with Crippen LogP contribution in [0.1, 0.15) is 79.1 Å². The van der Waals surface area contributed by atoms with E-state index in [1.54, 1.807) is 16.8 Å². The van der Waals surface area contributed by atoms with E-state index in [1.807, 2.05) is 34.7 Å². The fourth-order valence-electron chi connectivity index (χ4n) is 2.49. The summed E-state index contributed by atoms with van der Waals surface area (Å²) >= 11 is 0. The molecular weight excluding hydrogens is 344 g/mol. The maximum Gasteiger partial charge on any atom is 0.409 e. The Morgan fingerprint density at radius 1 is 0.815 bits per heavy atom. The Bertz CT molecular complexity index is 449. The number of carbonyl (C=O) groups excluding carboxylic acids is 3. The number of carbonyl (C=O) groups is 3. The van der Waals surface area contributed by atoms with E-state index in [0.717, 1.165) is 38.5 Å². The minimum Gasteiger partial charge on any atom is -0.449 e. The summed E-state index contributed by atoms with van der Waals surface area (Å²) < 4.78 is 5.25. The van der Waals surface area contributed by atoms with Gasteiger partial charge in [-0.1, -0.05) is 20.3 Å². The molecule has 0 saturated carbocycles. The van der Waals surface area contributed by atoms with Crippen LogP contribution in [0.2, 0.25) is 0 Å². The van der Waals surface area contributed by atoms with Gasteiger partial charge >= 0.3 is 6.09 Å². The molecule has 0 spiro atoms. The first kappa shape index (κ1) is 25.4. The van der Waals surface area contributed by atoms with E-state index in [4.69, 9.17) is 4.74 Å². The third kappa shape index (κ3) is 12.4. The molecule has 0 N–H and O–H groups in total. The van der Waals surface area contributed by atoms with Gasteiger partial charge in [-0.05, 0) is 46.0 Å². The molecule has 0 radical (unpaired) electrons. The number of ketones is 1. The molecule has 2 amide bonds. The summed E-state index contributed by atoms with van der Waals surface area (Å²) in [6.45, 7) is 8.88. The second kappa shape index (κ2) is 14.5. The maximum atomic E-state index is 11.9. The Kier molecular flexibility index (Phi) is 13.6. The van der Waals surface area contributed by atoms with E-state index in [-0.39, 0.29) is 24.0 Å². The van der Waals surface area contributed by atoms with E-state index < -0.39 is 0 Å². The average molecular weight is 385 g/mol. The van der Waals surface area contributed by atoms with Crippen LogP contribution in [0.5, 0.6) is 0 Å². The molecule has 158 valence electrons. The highest BCUT2D eigenvalue weighted by atomic mass is 16.6. The molecule has 0 aromatic carbocycles. The second-order valence-electron chi connectivity index (χ2n) is 7.88. The maximum absolute atomic E-state index is 11.9. The van der Waals surface area contributed by atoms with Crippen LogP contribution in [0.15, 0.2) is 0 Å². The van der Waals surface area contributed by atoms with Crippen molar-refractivity contribution < 1.29 is 19.1 Å². The van der Waals surface area contributed by atoms with Crippen LogP contribution in [-0.2, 0) is 14.3 Å². The number of rotatable bonds is 14. The quantitative estimate of drug-likeness (QED) is 0.420. The van der Waals surface area contributed by atoms with Crippen molar-refractivity contribution in [2.45, 2.75) is 85.1 Å². The molecular formula is C21H40N2O4. The molecule has 6 nitrogen and oxygen atoms in total. The molecule has 0 aliphatic rings. The lowest BCUT2D eigenvalue weighted by molar-refractivity contribution is -0.131.